The molecule has 0 aliphatic rings. The minimum Gasteiger partial charge on any atom is -0.325 e. The number of halogens is 4. The van der Waals surface area contributed by atoms with Crippen molar-refractivity contribution in [3.8, 4) is 0 Å². The first-order valence-electron chi connectivity index (χ1n) is 7.62. The van der Waals surface area contributed by atoms with Crippen molar-refractivity contribution in [2.45, 2.75) is 17.6 Å². The lowest BCUT2D eigenvalue weighted by atomic mass is 10.2. The normalized spacial score (nSPS) is 12.2. The summed E-state index contributed by atoms with van der Waals surface area (Å²) in [6.45, 7) is -0.708. The zero-order valence-electron chi connectivity index (χ0n) is 14.6. The molecule has 1 aromatic heterocycles. The van der Waals surface area contributed by atoms with Gasteiger partial charge < -0.3 is 9.88 Å². The van der Waals surface area contributed by atoms with Gasteiger partial charge in [0, 0.05) is 26.0 Å². The van der Waals surface area contributed by atoms with Crippen LogP contribution in [0.25, 0.3) is 0 Å². The van der Waals surface area contributed by atoms with E-state index in [0.29, 0.717) is 16.8 Å². The van der Waals surface area contributed by atoms with Gasteiger partial charge in [-0.25, -0.2) is 12.7 Å². The van der Waals surface area contributed by atoms with Gasteiger partial charge in [0.15, 0.2) is 0 Å². The number of hydrogen-bond acceptors (Lipinski definition) is 4. The van der Waals surface area contributed by atoms with Crippen LogP contribution in [-0.2, 0) is 27.5 Å². The van der Waals surface area contributed by atoms with Gasteiger partial charge in [-0.05, 0) is 30.3 Å². The van der Waals surface area contributed by atoms with Crippen LogP contribution < -0.4 is 10.9 Å². The number of carbonyl (C=O) groups is 1. The maximum absolute atomic E-state index is 12.8. The van der Waals surface area contributed by atoms with Gasteiger partial charge >= 0.3 is 6.18 Å². The molecule has 0 aliphatic carbocycles. The Bertz CT molecular complexity index is 1050. The van der Waals surface area contributed by atoms with Crippen LogP contribution in [0.2, 0.25) is 5.02 Å². The Kier molecular flexibility index (Phi) is 6.21. The Morgan fingerprint density at radius 1 is 1.21 bits per heavy atom. The largest absolute Gasteiger partial charge is 0.417 e. The standard InChI is InChI=1S/C16H15ClF3N3O4S/c1-22(2)28(26,27)12-5-3-11(4-6-12)21-14(24)9-23-8-10(16(18,19)20)7-13(17)15(23)25/h3-8H,9H2,1-2H3,(H,21,24). The zero-order valence-corrected chi connectivity index (χ0v) is 16.2. The Morgan fingerprint density at radius 2 is 1.79 bits per heavy atom. The van der Waals surface area contributed by atoms with Gasteiger partial charge in [-0.15, -0.1) is 0 Å². The molecule has 0 saturated heterocycles. The van der Waals surface area contributed by atoms with Gasteiger partial charge in [-0.1, -0.05) is 11.6 Å². The van der Waals surface area contributed by atoms with Crippen LogP contribution in [-0.4, -0.2) is 37.3 Å². The number of alkyl halides is 3. The molecule has 28 heavy (non-hydrogen) atoms. The number of anilines is 1. The van der Waals surface area contributed by atoms with Crippen molar-refractivity contribution in [2.75, 3.05) is 19.4 Å². The quantitative estimate of drug-likeness (QED) is 0.778. The summed E-state index contributed by atoms with van der Waals surface area (Å²) in [6, 6.07) is 5.64. The number of rotatable bonds is 5. The molecule has 7 nitrogen and oxygen atoms in total. The van der Waals surface area contributed by atoms with Crippen LogP contribution in [0, 0.1) is 0 Å². The molecule has 0 radical (unpaired) electrons. The minimum atomic E-state index is -4.73. The van der Waals surface area contributed by atoms with Gasteiger partial charge in [0.1, 0.15) is 11.6 Å². The number of sulfonamides is 1. The number of pyridine rings is 1. The lowest BCUT2D eigenvalue weighted by Crippen LogP contribution is -2.29. The molecule has 0 unspecified atom stereocenters. The lowest BCUT2D eigenvalue weighted by molar-refractivity contribution is -0.138. The number of carbonyl (C=O) groups excluding carboxylic acids is 1. The molecule has 0 atom stereocenters. The van der Waals surface area contributed by atoms with Crippen molar-refractivity contribution in [3.63, 3.8) is 0 Å². The van der Waals surface area contributed by atoms with Crippen LogP contribution >= 0.6 is 11.6 Å². The lowest BCUT2D eigenvalue weighted by Gasteiger charge is -2.13. The first-order chi connectivity index (χ1) is 12.8. The van der Waals surface area contributed by atoms with E-state index in [4.69, 9.17) is 11.6 Å². The van der Waals surface area contributed by atoms with Crippen LogP contribution in [0.4, 0.5) is 18.9 Å². The highest BCUT2D eigenvalue weighted by atomic mass is 35.5. The number of nitrogens with zero attached hydrogens (tertiary/aromatic N) is 2. The van der Waals surface area contributed by atoms with E-state index in [-0.39, 0.29) is 10.6 Å². The van der Waals surface area contributed by atoms with Gasteiger partial charge in [-0.2, -0.15) is 13.2 Å². The van der Waals surface area contributed by atoms with Crippen LogP contribution in [0.3, 0.4) is 0 Å². The monoisotopic (exact) mass is 437 g/mol. The van der Waals surface area contributed by atoms with E-state index in [0.717, 1.165) is 4.31 Å². The minimum absolute atomic E-state index is 0.00335. The summed E-state index contributed by atoms with van der Waals surface area (Å²) in [7, 11) is -0.918. The molecule has 1 aromatic carbocycles. The predicted octanol–water partition coefficient (Wildman–Crippen LogP) is 2.41. The Balaban J connectivity index is 2.19. The third-order valence-corrected chi connectivity index (χ3v) is 5.70. The van der Waals surface area contributed by atoms with Gasteiger partial charge in [0.25, 0.3) is 5.56 Å². The summed E-state index contributed by atoms with van der Waals surface area (Å²) >= 11 is 5.53. The maximum atomic E-state index is 12.8. The molecule has 2 rings (SSSR count). The van der Waals surface area contributed by atoms with Crippen molar-refractivity contribution in [2.24, 2.45) is 0 Å². The number of benzene rings is 1. The molecule has 0 spiro atoms. The Hall–Kier alpha value is -2.37. The van der Waals surface area contributed by atoms with Crippen molar-refractivity contribution < 1.29 is 26.4 Å². The van der Waals surface area contributed by atoms with E-state index in [1.54, 1.807) is 0 Å². The van der Waals surface area contributed by atoms with E-state index in [2.05, 4.69) is 5.32 Å². The molecule has 152 valence electrons. The van der Waals surface area contributed by atoms with Crippen LogP contribution in [0.15, 0.2) is 46.2 Å². The first kappa shape index (κ1) is 21.9. The molecular weight excluding hydrogens is 423 g/mol. The first-order valence-corrected chi connectivity index (χ1v) is 9.44. The fourth-order valence-corrected chi connectivity index (χ4v) is 3.28. The second-order valence-electron chi connectivity index (χ2n) is 5.87. The van der Waals surface area contributed by atoms with Crippen molar-refractivity contribution in [3.05, 3.63) is 57.5 Å². The maximum Gasteiger partial charge on any atom is 0.417 e. The summed E-state index contributed by atoms with van der Waals surface area (Å²) in [5, 5.41) is 1.71. The van der Waals surface area contributed by atoms with Crippen molar-refractivity contribution in [1.29, 1.82) is 0 Å². The molecule has 1 amide bonds. The average Bonchev–Trinajstić information content (AvgIpc) is 2.58. The zero-order chi connectivity index (χ0) is 21.3. The molecule has 1 heterocycles. The van der Waals surface area contributed by atoms with Gasteiger partial charge in [-0.3, -0.25) is 9.59 Å². The van der Waals surface area contributed by atoms with E-state index < -0.39 is 44.8 Å². The smallest absolute Gasteiger partial charge is 0.325 e. The molecule has 0 fully saturated rings. The highest BCUT2D eigenvalue weighted by Gasteiger charge is 2.32. The third kappa shape index (κ3) is 4.91. The highest BCUT2D eigenvalue weighted by Crippen LogP contribution is 2.29. The van der Waals surface area contributed by atoms with Crippen LogP contribution in [0.1, 0.15) is 5.56 Å². The predicted molar refractivity (Wildman–Crippen MR) is 96.7 cm³/mol. The molecule has 1 N–H and O–H groups in total. The number of hydrogen-bond donors (Lipinski definition) is 1. The topological polar surface area (TPSA) is 88.5 Å². The van der Waals surface area contributed by atoms with Crippen molar-refractivity contribution >= 4 is 33.2 Å². The van der Waals surface area contributed by atoms with Crippen LogP contribution in [0.5, 0.6) is 0 Å². The fourth-order valence-electron chi connectivity index (χ4n) is 2.15. The van der Waals surface area contributed by atoms with E-state index in [9.17, 15) is 31.2 Å². The number of nitrogens with one attached hydrogen (secondary N) is 1. The van der Waals surface area contributed by atoms with E-state index in [1.807, 2.05) is 0 Å². The van der Waals surface area contributed by atoms with E-state index >= 15 is 0 Å². The summed E-state index contributed by atoms with van der Waals surface area (Å²) in [5.41, 5.74) is -1.91. The summed E-state index contributed by atoms with van der Waals surface area (Å²) in [6.07, 6.45) is -4.23. The second-order valence-corrected chi connectivity index (χ2v) is 8.43. The summed E-state index contributed by atoms with van der Waals surface area (Å²) in [5.74, 6) is -0.791. The molecular formula is C16H15ClF3N3O4S. The summed E-state index contributed by atoms with van der Waals surface area (Å²) < 4.78 is 64.0. The average molecular weight is 438 g/mol. The van der Waals surface area contributed by atoms with Gasteiger partial charge in [0.05, 0.1) is 10.5 Å². The van der Waals surface area contributed by atoms with Crippen molar-refractivity contribution in [1.82, 2.24) is 8.87 Å². The molecule has 0 saturated carbocycles. The molecule has 0 bridgehead atoms. The van der Waals surface area contributed by atoms with E-state index in [1.165, 1.54) is 38.4 Å². The molecule has 0 aliphatic heterocycles. The van der Waals surface area contributed by atoms with Gasteiger partial charge in [0.2, 0.25) is 15.9 Å². The fraction of sp³-hybridized carbons (Fsp3) is 0.250. The third-order valence-electron chi connectivity index (χ3n) is 3.60. The number of aromatic nitrogens is 1. The number of amides is 1. The highest BCUT2D eigenvalue weighted by molar-refractivity contribution is 7.89. The Labute approximate surface area is 163 Å². The molecule has 12 heteroatoms. The molecule has 2 aromatic rings. The SMILES string of the molecule is CN(C)S(=O)(=O)c1ccc(NC(=O)Cn2cc(C(F)(F)F)cc(Cl)c2=O)cc1. The Morgan fingerprint density at radius 3 is 2.29 bits per heavy atom. The summed E-state index contributed by atoms with van der Waals surface area (Å²) in [4.78, 5) is 23.9. The second kappa shape index (κ2) is 7.94.